The number of aromatic carboxylic acids is 1. The number of carbonyl (C=O) groups excluding carboxylic acids is 1. The topological polar surface area (TPSA) is 110 Å². The maximum atomic E-state index is 12.4. The van der Waals surface area contributed by atoms with Gasteiger partial charge >= 0.3 is 5.97 Å². The molecule has 0 radical (unpaired) electrons. The van der Waals surface area contributed by atoms with Gasteiger partial charge in [-0.3, -0.25) is 4.79 Å². The molecule has 0 fully saturated rings. The molecule has 0 spiro atoms. The molecule has 0 aliphatic rings. The van der Waals surface area contributed by atoms with Gasteiger partial charge in [0.1, 0.15) is 11.3 Å². The number of anilines is 1. The fourth-order valence-electron chi connectivity index (χ4n) is 2.53. The van der Waals surface area contributed by atoms with E-state index in [1.165, 1.54) is 10.9 Å². The van der Waals surface area contributed by atoms with Gasteiger partial charge < -0.3 is 14.9 Å². The van der Waals surface area contributed by atoms with E-state index in [1.807, 2.05) is 20.8 Å². The summed E-state index contributed by atoms with van der Waals surface area (Å²) < 4.78 is 6.75. The van der Waals surface area contributed by atoms with Crippen molar-refractivity contribution in [2.75, 3.05) is 5.32 Å². The molecule has 3 rings (SSSR count). The number of nitrogens with one attached hydrogen (secondary N) is 1. The highest BCUT2D eigenvalue weighted by molar-refractivity contribution is 6.03. The van der Waals surface area contributed by atoms with Crippen LogP contribution in [0.15, 0.2) is 41.1 Å². The van der Waals surface area contributed by atoms with Crippen molar-refractivity contribution in [3.63, 3.8) is 0 Å². The highest BCUT2D eigenvalue weighted by Gasteiger charge is 2.22. The van der Waals surface area contributed by atoms with E-state index in [1.54, 1.807) is 37.3 Å². The molecule has 8 nitrogen and oxygen atoms in total. The van der Waals surface area contributed by atoms with Gasteiger partial charge in [0, 0.05) is 17.2 Å². The first kappa shape index (κ1) is 18.4. The molecule has 2 aromatic heterocycles. The number of carboxylic acids is 1. The standard InChI is InChI=1S/C19H20N4O4/c1-11-14(18(25)26)10-20-23(11)13-7-5-6-12(8-13)21-17(24)15-9-16(27-22-15)19(2,3)4/h5-10H,1-4H3,(H,21,24)(H,25,26). The van der Waals surface area contributed by atoms with Crippen LogP contribution in [0.25, 0.3) is 5.69 Å². The Morgan fingerprint density at radius 2 is 1.96 bits per heavy atom. The van der Waals surface area contributed by atoms with Crippen LogP contribution in [0.1, 0.15) is 53.1 Å². The summed E-state index contributed by atoms with van der Waals surface area (Å²) in [4.78, 5) is 23.6. The minimum Gasteiger partial charge on any atom is -0.478 e. The minimum absolute atomic E-state index is 0.127. The van der Waals surface area contributed by atoms with Crippen LogP contribution in [0.2, 0.25) is 0 Å². The van der Waals surface area contributed by atoms with Crippen molar-refractivity contribution in [2.24, 2.45) is 0 Å². The second kappa shape index (κ2) is 6.71. The third kappa shape index (κ3) is 3.74. The Balaban J connectivity index is 1.83. The van der Waals surface area contributed by atoms with Gasteiger partial charge in [-0.05, 0) is 25.1 Å². The first-order chi connectivity index (χ1) is 12.7. The van der Waals surface area contributed by atoms with Crippen LogP contribution in [0, 0.1) is 6.92 Å². The average Bonchev–Trinajstić information content (AvgIpc) is 3.21. The molecule has 0 aliphatic heterocycles. The zero-order valence-electron chi connectivity index (χ0n) is 15.5. The largest absolute Gasteiger partial charge is 0.478 e. The fourth-order valence-corrected chi connectivity index (χ4v) is 2.53. The lowest BCUT2D eigenvalue weighted by Crippen LogP contribution is -2.13. The van der Waals surface area contributed by atoms with E-state index in [2.05, 4.69) is 15.6 Å². The van der Waals surface area contributed by atoms with Crippen LogP contribution in [-0.4, -0.2) is 31.9 Å². The second-order valence-corrected chi connectivity index (χ2v) is 7.19. The molecule has 8 heteroatoms. The molecule has 3 aromatic rings. The molecule has 2 heterocycles. The maximum absolute atomic E-state index is 12.4. The SMILES string of the molecule is Cc1c(C(=O)O)cnn1-c1cccc(NC(=O)c2cc(C(C)(C)C)on2)c1. The van der Waals surface area contributed by atoms with E-state index in [0.717, 1.165) is 0 Å². The third-order valence-corrected chi connectivity index (χ3v) is 4.07. The van der Waals surface area contributed by atoms with E-state index in [-0.39, 0.29) is 16.7 Å². The molecule has 0 saturated carbocycles. The van der Waals surface area contributed by atoms with Gasteiger partial charge in [-0.1, -0.05) is 32.0 Å². The monoisotopic (exact) mass is 368 g/mol. The summed E-state index contributed by atoms with van der Waals surface area (Å²) in [7, 11) is 0. The van der Waals surface area contributed by atoms with Gasteiger partial charge in [-0.25, -0.2) is 9.48 Å². The quantitative estimate of drug-likeness (QED) is 0.730. The normalized spacial score (nSPS) is 11.4. The minimum atomic E-state index is -1.04. The van der Waals surface area contributed by atoms with Crippen LogP contribution in [0.5, 0.6) is 0 Å². The number of carboxylic acid groups (broad SMARTS) is 1. The second-order valence-electron chi connectivity index (χ2n) is 7.19. The Bertz CT molecular complexity index is 1010. The van der Waals surface area contributed by atoms with Crippen LogP contribution in [0.3, 0.4) is 0 Å². The molecular weight excluding hydrogens is 348 g/mol. The smallest absolute Gasteiger partial charge is 0.339 e. The Hall–Kier alpha value is -3.42. The van der Waals surface area contributed by atoms with Crippen molar-refractivity contribution in [1.82, 2.24) is 14.9 Å². The fraction of sp³-hybridized carbons (Fsp3) is 0.263. The lowest BCUT2D eigenvalue weighted by molar-refractivity contribution is 0.0696. The van der Waals surface area contributed by atoms with Gasteiger partial charge in [-0.15, -0.1) is 0 Å². The maximum Gasteiger partial charge on any atom is 0.339 e. The van der Waals surface area contributed by atoms with Gasteiger partial charge in [0.2, 0.25) is 0 Å². The molecule has 0 unspecified atom stereocenters. The lowest BCUT2D eigenvalue weighted by atomic mass is 9.93. The average molecular weight is 368 g/mol. The molecular formula is C19H20N4O4. The number of nitrogens with zero attached hydrogens (tertiary/aromatic N) is 3. The van der Waals surface area contributed by atoms with Crippen molar-refractivity contribution >= 4 is 17.6 Å². The molecule has 0 bridgehead atoms. The summed E-state index contributed by atoms with van der Waals surface area (Å²) in [6.07, 6.45) is 1.30. The Morgan fingerprint density at radius 3 is 2.56 bits per heavy atom. The van der Waals surface area contributed by atoms with Crippen LogP contribution < -0.4 is 5.32 Å². The Labute approximate surface area is 155 Å². The first-order valence-corrected chi connectivity index (χ1v) is 8.33. The molecule has 2 N–H and O–H groups in total. The highest BCUT2D eigenvalue weighted by atomic mass is 16.5. The number of amides is 1. The van der Waals surface area contributed by atoms with Crippen molar-refractivity contribution in [2.45, 2.75) is 33.1 Å². The molecule has 0 saturated heterocycles. The number of hydrogen-bond acceptors (Lipinski definition) is 5. The van der Waals surface area contributed by atoms with Gasteiger partial charge in [0.05, 0.1) is 17.6 Å². The Kier molecular flexibility index (Phi) is 4.57. The van der Waals surface area contributed by atoms with Gasteiger partial charge in [-0.2, -0.15) is 5.10 Å². The van der Waals surface area contributed by atoms with Crippen molar-refractivity contribution in [3.05, 3.63) is 59.2 Å². The Morgan fingerprint density at radius 1 is 1.22 bits per heavy atom. The first-order valence-electron chi connectivity index (χ1n) is 8.33. The molecule has 0 aliphatic carbocycles. The zero-order chi connectivity index (χ0) is 19.8. The number of hydrogen-bond donors (Lipinski definition) is 2. The van der Waals surface area contributed by atoms with Crippen LogP contribution >= 0.6 is 0 Å². The molecule has 27 heavy (non-hydrogen) atoms. The summed E-state index contributed by atoms with van der Waals surface area (Å²) in [5.74, 6) is -0.812. The van der Waals surface area contributed by atoms with Crippen molar-refractivity contribution < 1.29 is 19.2 Å². The summed E-state index contributed by atoms with van der Waals surface area (Å²) >= 11 is 0. The number of rotatable bonds is 4. The van der Waals surface area contributed by atoms with Gasteiger partial charge in [0.15, 0.2) is 5.69 Å². The number of carbonyl (C=O) groups is 2. The number of aromatic nitrogens is 3. The van der Waals surface area contributed by atoms with Crippen molar-refractivity contribution in [3.8, 4) is 5.69 Å². The number of benzene rings is 1. The van der Waals surface area contributed by atoms with Gasteiger partial charge in [0.25, 0.3) is 5.91 Å². The van der Waals surface area contributed by atoms with E-state index in [0.29, 0.717) is 22.8 Å². The summed E-state index contributed by atoms with van der Waals surface area (Å²) in [5.41, 5.74) is 1.73. The predicted octanol–water partition coefficient (Wildman–Crippen LogP) is 3.42. The van der Waals surface area contributed by atoms with Crippen molar-refractivity contribution in [1.29, 1.82) is 0 Å². The van der Waals surface area contributed by atoms with Crippen LogP contribution in [0.4, 0.5) is 5.69 Å². The molecule has 140 valence electrons. The molecule has 1 amide bonds. The summed E-state index contributed by atoms with van der Waals surface area (Å²) in [6, 6.07) is 8.57. The zero-order valence-corrected chi connectivity index (χ0v) is 15.5. The summed E-state index contributed by atoms with van der Waals surface area (Å²) in [5, 5.41) is 19.9. The van der Waals surface area contributed by atoms with E-state index in [9.17, 15) is 9.59 Å². The third-order valence-electron chi connectivity index (χ3n) is 4.07. The van der Waals surface area contributed by atoms with E-state index < -0.39 is 11.9 Å². The van der Waals surface area contributed by atoms with E-state index >= 15 is 0 Å². The molecule has 1 aromatic carbocycles. The summed E-state index contributed by atoms with van der Waals surface area (Å²) in [6.45, 7) is 7.58. The van der Waals surface area contributed by atoms with Crippen LogP contribution in [-0.2, 0) is 5.41 Å². The molecule has 0 atom stereocenters. The lowest BCUT2D eigenvalue weighted by Gasteiger charge is -2.12. The predicted molar refractivity (Wildman–Crippen MR) is 98.4 cm³/mol. The van der Waals surface area contributed by atoms with E-state index in [4.69, 9.17) is 9.63 Å². The highest BCUT2D eigenvalue weighted by Crippen LogP contribution is 2.23.